The lowest BCUT2D eigenvalue weighted by molar-refractivity contribution is -0.114. The second-order valence-corrected chi connectivity index (χ2v) is 7.05. The molecule has 6 nitrogen and oxygen atoms in total. The highest BCUT2D eigenvalue weighted by Crippen LogP contribution is 2.28. The van der Waals surface area contributed by atoms with Crippen LogP contribution in [0.1, 0.15) is 33.6 Å². The van der Waals surface area contributed by atoms with Gasteiger partial charge in [-0.15, -0.1) is 0 Å². The Kier molecular flexibility index (Phi) is 6.34. The number of carbonyl (C=O) groups is 2. The van der Waals surface area contributed by atoms with Crippen LogP contribution in [-0.2, 0) is 16.1 Å². The SMILES string of the molecule is COCCC(C=O)Oc1cccc(Cn2c(C)c(C)c3cc(C(=O)O)ccc32)c1. The minimum absolute atomic E-state index is 0.282. The van der Waals surface area contributed by atoms with Crippen LogP contribution in [0.3, 0.4) is 0 Å². The number of methoxy groups -OCH3 is 1. The number of carboxylic acid groups (broad SMARTS) is 1. The Morgan fingerprint density at radius 1 is 1.21 bits per heavy atom. The summed E-state index contributed by atoms with van der Waals surface area (Å²) in [5.74, 6) is -0.297. The molecule has 0 aliphatic rings. The number of hydrogen-bond acceptors (Lipinski definition) is 4. The predicted molar refractivity (Wildman–Crippen MR) is 111 cm³/mol. The first-order chi connectivity index (χ1) is 13.9. The molecule has 0 saturated heterocycles. The molecule has 29 heavy (non-hydrogen) atoms. The van der Waals surface area contributed by atoms with Gasteiger partial charge in [-0.1, -0.05) is 12.1 Å². The topological polar surface area (TPSA) is 77.8 Å². The van der Waals surface area contributed by atoms with Gasteiger partial charge in [-0.3, -0.25) is 4.79 Å². The summed E-state index contributed by atoms with van der Waals surface area (Å²) in [6.07, 6.45) is 0.742. The number of aromatic nitrogens is 1. The van der Waals surface area contributed by atoms with Gasteiger partial charge in [0.05, 0.1) is 12.2 Å². The van der Waals surface area contributed by atoms with Crippen molar-refractivity contribution >= 4 is 23.2 Å². The van der Waals surface area contributed by atoms with Crippen LogP contribution in [0.25, 0.3) is 10.9 Å². The number of fused-ring (bicyclic) bond motifs is 1. The Bertz CT molecular complexity index is 1040. The van der Waals surface area contributed by atoms with Crippen molar-refractivity contribution in [3.05, 3.63) is 64.8 Å². The molecule has 1 heterocycles. The number of ether oxygens (including phenoxy) is 2. The number of aldehydes is 1. The second kappa shape index (κ2) is 8.92. The van der Waals surface area contributed by atoms with Crippen molar-refractivity contribution in [3.8, 4) is 5.75 Å². The Balaban J connectivity index is 1.88. The van der Waals surface area contributed by atoms with Crippen molar-refractivity contribution in [2.75, 3.05) is 13.7 Å². The first-order valence-corrected chi connectivity index (χ1v) is 9.47. The lowest BCUT2D eigenvalue weighted by atomic mass is 10.1. The van der Waals surface area contributed by atoms with Crippen LogP contribution in [-0.4, -0.2) is 41.7 Å². The number of aryl methyl sites for hydroxylation is 1. The van der Waals surface area contributed by atoms with E-state index in [1.165, 1.54) is 0 Å². The molecule has 6 heteroatoms. The maximum absolute atomic E-state index is 11.3. The second-order valence-electron chi connectivity index (χ2n) is 7.05. The summed E-state index contributed by atoms with van der Waals surface area (Å²) in [5.41, 5.74) is 4.45. The molecule has 0 aliphatic carbocycles. The summed E-state index contributed by atoms with van der Waals surface area (Å²) < 4.78 is 13.0. The van der Waals surface area contributed by atoms with Crippen LogP contribution in [0.5, 0.6) is 5.75 Å². The van der Waals surface area contributed by atoms with Gasteiger partial charge in [0.25, 0.3) is 0 Å². The molecule has 1 unspecified atom stereocenters. The summed E-state index contributed by atoms with van der Waals surface area (Å²) in [6, 6.07) is 12.9. The fourth-order valence-electron chi connectivity index (χ4n) is 3.45. The zero-order valence-corrected chi connectivity index (χ0v) is 16.8. The van der Waals surface area contributed by atoms with Gasteiger partial charge in [-0.05, 0) is 55.3 Å². The number of carboxylic acids is 1. The van der Waals surface area contributed by atoms with Crippen molar-refractivity contribution in [2.45, 2.75) is 32.9 Å². The van der Waals surface area contributed by atoms with Gasteiger partial charge in [0.2, 0.25) is 0 Å². The zero-order valence-electron chi connectivity index (χ0n) is 16.8. The summed E-state index contributed by atoms with van der Waals surface area (Å²) in [5, 5.41) is 10.2. The monoisotopic (exact) mass is 395 g/mol. The van der Waals surface area contributed by atoms with Crippen LogP contribution >= 0.6 is 0 Å². The lowest BCUT2D eigenvalue weighted by Crippen LogP contribution is -2.20. The van der Waals surface area contributed by atoms with E-state index in [1.807, 2.05) is 44.2 Å². The Labute approximate surface area is 169 Å². The van der Waals surface area contributed by atoms with Crippen LogP contribution in [0.4, 0.5) is 0 Å². The third-order valence-corrected chi connectivity index (χ3v) is 5.17. The third-order valence-electron chi connectivity index (χ3n) is 5.17. The maximum Gasteiger partial charge on any atom is 0.335 e. The van der Waals surface area contributed by atoms with Gasteiger partial charge < -0.3 is 19.1 Å². The predicted octanol–water partition coefficient (Wildman–Crippen LogP) is 3.99. The molecule has 1 aromatic heterocycles. The Morgan fingerprint density at radius 3 is 2.69 bits per heavy atom. The summed E-state index contributed by atoms with van der Waals surface area (Å²) in [7, 11) is 1.59. The molecule has 0 bridgehead atoms. The third kappa shape index (κ3) is 4.49. The number of aromatic carboxylic acids is 1. The van der Waals surface area contributed by atoms with E-state index < -0.39 is 12.1 Å². The molecule has 1 atom stereocenters. The minimum atomic E-state index is -0.931. The zero-order chi connectivity index (χ0) is 21.0. The van der Waals surface area contributed by atoms with E-state index in [-0.39, 0.29) is 5.56 Å². The van der Waals surface area contributed by atoms with Crippen LogP contribution < -0.4 is 4.74 Å². The molecule has 152 valence electrons. The highest BCUT2D eigenvalue weighted by atomic mass is 16.5. The molecule has 3 rings (SSSR count). The molecule has 2 aromatic carbocycles. The molecule has 0 aliphatic heterocycles. The molecule has 1 N–H and O–H groups in total. The molecule has 0 spiro atoms. The molecular formula is C23H25NO5. The van der Waals surface area contributed by atoms with E-state index in [2.05, 4.69) is 4.57 Å². The molecule has 0 amide bonds. The van der Waals surface area contributed by atoms with Crippen molar-refractivity contribution in [2.24, 2.45) is 0 Å². The van der Waals surface area contributed by atoms with E-state index >= 15 is 0 Å². The quantitative estimate of drug-likeness (QED) is 0.555. The fraction of sp³-hybridized carbons (Fsp3) is 0.304. The smallest absolute Gasteiger partial charge is 0.335 e. The van der Waals surface area contributed by atoms with E-state index in [1.54, 1.807) is 19.2 Å². The van der Waals surface area contributed by atoms with E-state index in [0.29, 0.717) is 25.3 Å². The minimum Gasteiger partial charge on any atom is -0.483 e. The molecule has 0 saturated carbocycles. The van der Waals surface area contributed by atoms with E-state index in [4.69, 9.17) is 9.47 Å². The number of nitrogens with zero attached hydrogens (tertiary/aromatic N) is 1. The highest BCUT2D eigenvalue weighted by Gasteiger charge is 2.14. The molecule has 0 radical (unpaired) electrons. The van der Waals surface area contributed by atoms with Crippen LogP contribution in [0, 0.1) is 13.8 Å². The van der Waals surface area contributed by atoms with Crippen LogP contribution in [0.2, 0.25) is 0 Å². The Hall–Kier alpha value is -3.12. The van der Waals surface area contributed by atoms with Gasteiger partial charge in [-0.25, -0.2) is 4.79 Å². The lowest BCUT2D eigenvalue weighted by Gasteiger charge is -2.15. The number of benzene rings is 2. The summed E-state index contributed by atoms with van der Waals surface area (Å²) in [4.78, 5) is 22.5. The first-order valence-electron chi connectivity index (χ1n) is 9.47. The normalized spacial score (nSPS) is 12.1. The number of hydrogen-bond donors (Lipinski definition) is 1. The van der Waals surface area contributed by atoms with Crippen molar-refractivity contribution in [1.29, 1.82) is 0 Å². The van der Waals surface area contributed by atoms with Crippen molar-refractivity contribution in [1.82, 2.24) is 4.57 Å². The molecular weight excluding hydrogens is 370 g/mol. The van der Waals surface area contributed by atoms with Gasteiger partial charge in [0.15, 0.2) is 12.4 Å². The fourth-order valence-corrected chi connectivity index (χ4v) is 3.45. The van der Waals surface area contributed by atoms with Gasteiger partial charge in [-0.2, -0.15) is 0 Å². The maximum atomic E-state index is 11.3. The van der Waals surface area contributed by atoms with Gasteiger partial charge >= 0.3 is 5.97 Å². The first kappa shape index (κ1) is 20.6. The largest absolute Gasteiger partial charge is 0.483 e. The highest BCUT2D eigenvalue weighted by molar-refractivity contribution is 5.95. The summed E-state index contributed by atoms with van der Waals surface area (Å²) in [6.45, 7) is 5.10. The molecule has 3 aromatic rings. The van der Waals surface area contributed by atoms with Crippen LogP contribution in [0.15, 0.2) is 42.5 Å². The van der Waals surface area contributed by atoms with E-state index in [9.17, 15) is 14.7 Å². The standard InChI is InChI=1S/C23H25NO5/c1-15-16(2)24(22-8-7-18(23(26)27)12-21(15)22)13-17-5-4-6-19(11-17)29-20(14-25)9-10-28-3/h4-8,11-12,14,20H,9-10,13H2,1-3H3,(H,26,27). The Morgan fingerprint density at radius 2 is 2.00 bits per heavy atom. The van der Waals surface area contributed by atoms with Gasteiger partial charge in [0.1, 0.15) is 5.75 Å². The average Bonchev–Trinajstić information content (AvgIpc) is 2.95. The summed E-state index contributed by atoms with van der Waals surface area (Å²) >= 11 is 0. The number of rotatable bonds is 9. The van der Waals surface area contributed by atoms with Crippen molar-refractivity contribution < 1.29 is 24.2 Å². The number of carbonyl (C=O) groups excluding carboxylic acids is 1. The molecule has 0 fully saturated rings. The van der Waals surface area contributed by atoms with E-state index in [0.717, 1.165) is 34.0 Å². The van der Waals surface area contributed by atoms with Crippen molar-refractivity contribution in [3.63, 3.8) is 0 Å². The van der Waals surface area contributed by atoms with Gasteiger partial charge in [0, 0.05) is 36.7 Å². The average molecular weight is 395 g/mol.